The number of hydrogen-bond donors (Lipinski definition) is 0. The van der Waals surface area contributed by atoms with Gasteiger partial charge in [0.15, 0.2) is 5.16 Å². The molecular formula is C16H13N3O2S2. The summed E-state index contributed by atoms with van der Waals surface area (Å²) in [6.07, 6.45) is 4.70. The Morgan fingerprint density at radius 1 is 1.48 bits per heavy atom. The Bertz CT molecular complexity index is 964. The van der Waals surface area contributed by atoms with E-state index in [0.717, 1.165) is 29.5 Å². The molecule has 3 aromatic heterocycles. The molecule has 23 heavy (non-hydrogen) atoms. The van der Waals surface area contributed by atoms with Gasteiger partial charge in [0.05, 0.1) is 30.0 Å². The summed E-state index contributed by atoms with van der Waals surface area (Å²) >= 11 is 2.92. The fourth-order valence-electron chi connectivity index (χ4n) is 2.96. The lowest BCUT2D eigenvalue weighted by Gasteiger charge is -2.10. The summed E-state index contributed by atoms with van der Waals surface area (Å²) in [4.78, 5) is 19.8. The van der Waals surface area contributed by atoms with Crippen LogP contribution in [0, 0.1) is 11.3 Å². The van der Waals surface area contributed by atoms with E-state index in [4.69, 9.17) is 9.68 Å². The molecule has 0 N–H and O–H groups in total. The number of nitriles is 1. The highest BCUT2D eigenvalue weighted by atomic mass is 32.2. The van der Waals surface area contributed by atoms with Crippen molar-refractivity contribution in [3.63, 3.8) is 0 Å². The van der Waals surface area contributed by atoms with Gasteiger partial charge >= 0.3 is 0 Å². The standard InChI is InChI=1S/C16H13N3O2S2/c17-6-8-22-16-18-14-13(11-4-1-5-12(11)23-14)15(20)19(16)9-10-3-2-7-21-10/h2-3,7H,1,4-5,8-9H2. The molecule has 0 unspecified atom stereocenters. The molecule has 0 radical (unpaired) electrons. The van der Waals surface area contributed by atoms with Crippen LogP contribution in [0.1, 0.15) is 22.6 Å². The minimum atomic E-state index is -0.0220. The molecule has 0 saturated heterocycles. The molecule has 0 bridgehead atoms. The van der Waals surface area contributed by atoms with E-state index >= 15 is 0 Å². The lowest BCUT2D eigenvalue weighted by molar-refractivity contribution is 0.477. The molecule has 0 spiro atoms. The van der Waals surface area contributed by atoms with Gasteiger partial charge in [0.1, 0.15) is 10.6 Å². The van der Waals surface area contributed by atoms with Gasteiger partial charge in [-0.25, -0.2) is 4.98 Å². The molecule has 116 valence electrons. The van der Waals surface area contributed by atoms with Crippen LogP contribution >= 0.6 is 23.1 Å². The second-order valence-electron chi connectivity index (χ2n) is 5.35. The van der Waals surface area contributed by atoms with Gasteiger partial charge in [-0.1, -0.05) is 11.8 Å². The Kier molecular flexibility index (Phi) is 3.71. The van der Waals surface area contributed by atoms with Crippen molar-refractivity contribution >= 4 is 33.3 Å². The zero-order valence-electron chi connectivity index (χ0n) is 12.2. The first-order valence-corrected chi connectivity index (χ1v) is 9.15. The first-order valence-electron chi connectivity index (χ1n) is 7.35. The normalized spacial score (nSPS) is 13.3. The van der Waals surface area contributed by atoms with Crippen LogP contribution in [0.2, 0.25) is 0 Å². The van der Waals surface area contributed by atoms with Gasteiger partial charge in [-0.15, -0.1) is 11.3 Å². The summed E-state index contributed by atoms with van der Waals surface area (Å²) in [5.74, 6) is 0.972. The summed E-state index contributed by atoms with van der Waals surface area (Å²) in [5, 5.41) is 10.2. The van der Waals surface area contributed by atoms with Gasteiger partial charge in [-0.2, -0.15) is 5.26 Å². The predicted octanol–water partition coefficient (Wildman–Crippen LogP) is 3.20. The first kappa shape index (κ1) is 14.5. The lowest BCUT2D eigenvalue weighted by atomic mass is 10.2. The van der Waals surface area contributed by atoms with E-state index < -0.39 is 0 Å². The molecule has 0 aliphatic heterocycles. The molecule has 0 atom stereocenters. The Labute approximate surface area is 140 Å². The molecule has 7 heteroatoms. The minimum absolute atomic E-state index is 0.0220. The van der Waals surface area contributed by atoms with E-state index in [1.807, 2.05) is 6.07 Å². The monoisotopic (exact) mass is 343 g/mol. The van der Waals surface area contributed by atoms with Crippen LogP contribution in [0.3, 0.4) is 0 Å². The van der Waals surface area contributed by atoms with Gasteiger partial charge < -0.3 is 4.42 Å². The van der Waals surface area contributed by atoms with Crippen LogP contribution < -0.4 is 5.56 Å². The summed E-state index contributed by atoms with van der Waals surface area (Å²) in [6.45, 7) is 0.340. The smallest absolute Gasteiger partial charge is 0.263 e. The number of fused-ring (bicyclic) bond motifs is 3. The zero-order chi connectivity index (χ0) is 15.8. The maximum absolute atomic E-state index is 13.1. The Morgan fingerprint density at radius 2 is 2.39 bits per heavy atom. The number of furan rings is 1. The van der Waals surface area contributed by atoms with Crippen molar-refractivity contribution in [1.29, 1.82) is 5.26 Å². The van der Waals surface area contributed by atoms with Crippen LogP contribution in [0.5, 0.6) is 0 Å². The van der Waals surface area contributed by atoms with Crippen LogP contribution in [0.4, 0.5) is 0 Å². The first-order chi connectivity index (χ1) is 11.3. The molecule has 0 saturated carbocycles. The van der Waals surface area contributed by atoms with Crippen molar-refractivity contribution in [3.8, 4) is 6.07 Å². The summed E-state index contributed by atoms with van der Waals surface area (Å²) in [7, 11) is 0. The summed E-state index contributed by atoms with van der Waals surface area (Å²) in [5.41, 5.74) is 1.15. The van der Waals surface area contributed by atoms with Crippen LogP contribution in [-0.4, -0.2) is 15.3 Å². The fourth-order valence-corrected chi connectivity index (χ4v) is 4.93. The molecule has 3 heterocycles. The van der Waals surface area contributed by atoms with Crippen molar-refractivity contribution in [3.05, 3.63) is 45.0 Å². The minimum Gasteiger partial charge on any atom is -0.467 e. The topological polar surface area (TPSA) is 71.8 Å². The Morgan fingerprint density at radius 3 is 3.17 bits per heavy atom. The molecule has 3 aromatic rings. The number of aryl methyl sites for hydroxylation is 2. The predicted molar refractivity (Wildman–Crippen MR) is 90.1 cm³/mol. The van der Waals surface area contributed by atoms with E-state index in [2.05, 4.69) is 11.1 Å². The molecule has 1 aliphatic carbocycles. The molecule has 4 rings (SSSR count). The number of hydrogen-bond acceptors (Lipinski definition) is 6. The van der Waals surface area contributed by atoms with Crippen molar-refractivity contribution in [2.75, 3.05) is 5.75 Å². The Hall–Kier alpha value is -2.04. The molecule has 1 aliphatic rings. The van der Waals surface area contributed by atoms with Crippen molar-refractivity contribution in [1.82, 2.24) is 9.55 Å². The van der Waals surface area contributed by atoms with Crippen molar-refractivity contribution < 1.29 is 4.42 Å². The van der Waals surface area contributed by atoms with Gasteiger partial charge in [0.25, 0.3) is 5.56 Å². The largest absolute Gasteiger partial charge is 0.467 e. The summed E-state index contributed by atoms with van der Waals surface area (Å²) in [6, 6.07) is 5.74. The zero-order valence-corrected chi connectivity index (χ0v) is 13.9. The molecule has 0 amide bonds. The van der Waals surface area contributed by atoms with Gasteiger partial charge in [0, 0.05) is 4.88 Å². The highest BCUT2D eigenvalue weighted by Crippen LogP contribution is 2.35. The quantitative estimate of drug-likeness (QED) is 0.537. The highest BCUT2D eigenvalue weighted by molar-refractivity contribution is 7.99. The van der Waals surface area contributed by atoms with Crippen LogP contribution in [0.25, 0.3) is 10.2 Å². The third-order valence-corrected chi connectivity index (χ3v) is 5.98. The molecule has 5 nitrogen and oxygen atoms in total. The third kappa shape index (κ3) is 2.48. The maximum atomic E-state index is 13.1. The number of aromatic nitrogens is 2. The van der Waals surface area contributed by atoms with Crippen molar-refractivity contribution in [2.24, 2.45) is 0 Å². The van der Waals surface area contributed by atoms with E-state index in [1.54, 1.807) is 28.2 Å². The second kappa shape index (κ2) is 5.87. The van der Waals surface area contributed by atoms with E-state index in [9.17, 15) is 4.79 Å². The van der Waals surface area contributed by atoms with Gasteiger partial charge in [-0.05, 0) is 37.0 Å². The fraction of sp³-hybridized carbons (Fsp3) is 0.312. The van der Waals surface area contributed by atoms with Gasteiger partial charge in [0.2, 0.25) is 0 Å². The lowest BCUT2D eigenvalue weighted by Crippen LogP contribution is -2.24. The average Bonchev–Trinajstić information content (AvgIpc) is 3.24. The van der Waals surface area contributed by atoms with Crippen LogP contribution in [0.15, 0.2) is 32.8 Å². The van der Waals surface area contributed by atoms with E-state index in [0.29, 0.717) is 17.5 Å². The molecule has 0 aromatic carbocycles. The number of thioether (sulfide) groups is 1. The highest BCUT2D eigenvalue weighted by Gasteiger charge is 2.23. The second-order valence-corrected chi connectivity index (χ2v) is 7.38. The number of thiophene rings is 1. The SMILES string of the molecule is N#CCSc1nc2sc3c(c2c(=O)n1Cc1ccco1)CCC3. The van der Waals surface area contributed by atoms with Crippen LogP contribution in [-0.2, 0) is 19.4 Å². The third-order valence-electron chi connectivity index (χ3n) is 3.95. The summed E-state index contributed by atoms with van der Waals surface area (Å²) < 4.78 is 7.01. The average molecular weight is 343 g/mol. The van der Waals surface area contributed by atoms with Crippen molar-refractivity contribution in [2.45, 2.75) is 31.0 Å². The number of rotatable bonds is 4. The Balaban J connectivity index is 1.91. The molecule has 0 fully saturated rings. The van der Waals surface area contributed by atoms with E-state index in [1.165, 1.54) is 22.2 Å². The van der Waals surface area contributed by atoms with Gasteiger partial charge in [-0.3, -0.25) is 9.36 Å². The maximum Gasteiger partial charge on any atom is 0.263 e. The molecular weight excluding hydrogens is 330 g/mol. The number of nitrogens with zero attached hydrogens (tertiary/aromatic N) is 3. The van der Waals surface area contributed by atoms with E-state index in [-0.39, 0.29) is 11.3 Å².